The molecule has 340 valence electrons. The molecule has 0 aromatic heterocycles. The molecule has 2 aliphatic rings. The number of aliphatic imine (C=N–C) groups is 2. The van der Waals surface area contributed by atoms with Crippen LogP contribution in [0.5, 0.6) is 5.75 Å². The van der Waals surface area contributed by atoms with Crippen molar-refractivity contribution in [3.8, 4) is 5.75 Å². The van der Waals surface area contributed by atoms with Crippen molar-refractivity contribution in [1.82, 2.24) is 26.2 Å². The molecular weight excluding hydrogens is 793 g/mol. The Labute approximate surface area is 356 Å². The van der Waals surface area contributed by atoms with Gasteiger partial charge in [-0.2, -0.15) is 0 Å². The van der Waals surface area contributed by atoms with E-state index in [0.29, 0.717) is 31.2 Å². The molecule has 16 N–H and O–H groups in total. The largest absolute Gasteiger partial charge is 0.508 e. The molecule has 21 nitrogen and oxygen atoms in total. The average molecular weight is 859 g/mol. The van der Waals surface area contributed by atoms with Crippen LogP contribution in [0.2, 0.25) is 0 Å². The Hall–Kier alpha value is -5.70. The second-order valence-corrected chi connectivity index (χ2v) is 16.2. The Bertz CT molecular complexity index is 1740. The molecule has 0 aliphatic carbocycles. The van der Waals surface area contributed by atoms with Crippen LogP contribution in [0.15, 0.2) is 34.3 Å². The topological polar surface area (TPSA) is 358 Å². The third-order valence-electron chi connectivity index (χ3n) is 11.0. The first-order valence-corrected chi connectivity index (χ1v) is 20.8. The molecule has 5 amide bonds. The smallest absolute Gasteiger partial charge is 0.326 e. The average Bonchev–Trinajstić information content (AvgIpc) is 3.87. The van der Waals surface area contributed by atoms with Crippen molar-refractivity contribution in [3.05, 3.63) is 29.8 Å². The highest BCUT2D eigenvalue weighted by molar-refractivity contribution is 5.99. The van der Waals surface area contributed by atoms with Crippen LogP contribution in [0, 0.1) is 11.8 Å². The molecule has 8 atom stereocenters. The highest BCUT2D eigenvalue weighted by atomic mass is 16.5. The van der Waals surface area contributed by atoms with E-state index in [1.54, 1.807) is 19.1 Å². The lowest BCUT2D eigenvalue weighted by Crippen LogP contribution is -2.66. The fraction of sp³-hybridized carbons (Fsp3) is 0.650. The number of likely N-dealkylation sites (tertiary alicyclic amines) is 1. The van der Waals surface area contributed by atoms with E-state index >= 15 is 0 Å². The van der Waals surface area contributed by atoms with Crippen LogP contribution in [-0.2, 0) is 33.5 Å². The van der Waals surface area contributed by atoms with E-state index in [9.17, 15) is 39.0 Å². The third kappa shape index (κ3) is 14.2. The number of guanidine groups is 2. The van der Waals surface area contributed by atoms with Crippen molar-refractivity contribution < 1.29 is 43.7 Å². The highest BCUT2D eigenvalue weighted by Crippen LogP contribution is 2.40. The summed E-state index contributed by atoms with van der Waals surface area (Å²) in [7, 11) is 0. The van der Waals surface area contributed by atoms with E-state index in [1.807, 2.05) is 20.8 Å². The summed E-state index contributed by atoms with van der Waals surface area (Å²) in [4.78, 5) is 92.0. The van der Waals surface area contributed by atoms with Crippen LogP contribution in [-0.4, -0.2) is 125 Å². The monoisotopic (exact) mass is 859 g/mol. The number of phenols is 1. The fourth-order valence-electron chi connectivity index (χ4n) is 7.48. The van der Waals surface area contributed by atoms with E-state index in [4.69, 9.17) is 33.4 Å². The summed E-state index contributed by atoms with van der Waals surface area (Å²) in [6.45, 7) is 7.80. The number of aromatic hydroxyl groups is 1. The Kier molecular flexibility index (Phi) is 19.0. The molecular formula is C40H66N12O9. The molecule has 2 heterocycles. The molecule has 2 fully saturated rings. The zero-order valence-electron chi connectivity index (χ0n) is 35.6. The number of carboxylic acids is 1. The number of benzene rings is 1. The van der Waals surface area contributed by atoms with Gasteiger partial charge >= 0.3 is 5.97 Å². The van der Waals surface area contributed by atoms with Gasteiger partial charge in [0.05, 0.1) is 12.6 Å². The number of rotatable bonds is 23. The van der Waals surface area contributed by atoms with Crippen LogP contribution in [0.3, 0.4) is 0 Å². The molecule has 2 saturated heterocycles. The number of carbonyl (C=O) groups is 6. The number of hydrogen-bond donors (Lipinski definition) is 11. The van der Waals surface area contributed by atoms with Crippen molar-refractivity contribution in [1.29, 1.82) is 0 Å². The van der Waals surface area contributed by atoms with Crippen LogP contribution in [0.4, 0.5) is 0 Å². The minimum Gasteiger partial charge on any atom is -0.508 e. The van der Waals surface area contributed by atoms with Crippen molar-refractivity contribution in [2.75, 3.05) is 26.2 Å². The minimum atomic E-state index is -1.83. The summed E-state index contributed by atoms with van der Waals surface area (Å²) in [5.74, 6) is -5.31. The quantitative estimate of drug-likeness (QED) is 0.0349. The third-order valence-corrected chi connectivity index (χ3v) is 11.0. The molecule has 0 bridgehead atoms. The second-order valence-electron chi connectivity index (χ2n) is 16.2. The zero-order valence-corrected chi connectivity index (χ0v) is 35.6. The molecule has 1 aromatic carbocycles. The van der Waals surface area contributed by atoms with Gasteiger partial charge in [-0.25, -0.2) is 4.79 Å². The van der Waals surface area contributed by atoms with Gasteiger partial charge < -0.3 is 69.8 Å². The fourth-order valence-corrected chi connectivity index (χ4v) is 7.48. The summed E-state index contributed by atoms with van der Waals surface area (Å²) < 4.78 is 6.12. The molecule has 0 unspecified atom stereocenters. The van der Waals surface area contributed by atoms with Crippen molar-refractivity contribution in [2.45, 2.75) is 127 Å². The Morgan fingerprint density at radius 1 is 0.902 bits per heavy atom. The van der Waals surface area contributed by atoms with Crippen molar-refractivity contribution in [2.24, 2.45) is 50.5 Å². The van der Waals surface area contributed by atoms with Crippen molar-refractivity contribution in [3.63, 3.8) is 0 Å². The predicted octanol–water partition coefficient (Wildman–Crippen LogP) is -1.23. The second kappa shape index (κ2) is 23.3. The number of nitrogens with two attached hydrogens (primary N) is 5. The summed E-state index contributed by atoms with van der Waals surface area (Å²) in [5, 5.41) is 31.0. The number of ether oxygens (including phenoxy) is 1. The maximum atomic E-state index is 14.8. The predicted molar refractivity (Wildman–Crippen MR) is 227 cm³/mol. The number of nitrogens with zero attached hydrogens (tertiary/aromatic N) is 3. The van der Waals surface area contributed by atoms with Crippen LogP contribution in [0.1, 0.15) is 97.1 Å². The molecule has 0 radical (unpaired) electrons. The Morgan fingerprint density at radius 2 is 1.51 bits per heavy atom. The summed E-state index contributed by atoms with van der Waals surface area (Å²) in [6.07, 6.45) is 1.12. The normalized spacial score (nSPS) is 21.0. The molecule has 1 aromatic rings. The summed E-state index contributed by atoms with van der Waals surface area (Å²) in [5.41, 5.74) is 26.5. The number of amides is 5. The lowest BCUT2D eigenvalue weighted by molar-refractivity contribution is -0.145. The molecule has 61 heavy (non-hydrogen) atoms. The SMILES string of the molecule is CC[C@H](C)[C@H](NC(=O)[C@]1(NC(=O)[C@@H]2CCCN2C(=O)[C@H](CCCN=C(N)N)NC(=O)[C@@H](N)CCCN=C(N)N)CCO[C@@H]1c1ccc(O)cc1)C(=O)N[C@@H](CC(C)C)C(=O)O. The van der Waals surface area contributed by atoms with Gasteiger partial charge in [0.1, 0.15) is 36.0 Å². The van der Waals surface area contributed by atoms with Gasteiger partial charge in [-0.3, -0.25) is 34.0 Å². The van der Waals surface area contributed by atoms with Crippen LogP contribution in [0.25, 0.3) is 0 Å². The van der Waals surface area contributed by atoms with E-state index < -0.39 is 83.3 Å². The van der Waals surface area contributed by atoms with Gasteiger partial charge in [-0.05, 0) is 74.5 Å². The van der Waals surface area contributed by atoms with Gasteiger partial charge in [0.2, 0.25) is 29.5 Å². The van der Waals surface area contributed by atoms with Crippen LogP contribution < -0.4 is 49.9 Å². The number of aliphatic carboxylic acids is 1. The van der Waals surface area contributed by atoms with Gasteiger partial charge in [0.25, 0.3) is 0 Å². The van der Waals surface area contributed by atoms with Gasteiger partial charge in [0.15, 0.2) is 17.5 Å². The number of hydrogen-bond acceptors (Lipinski definition) is 11. The summed E-state index contributed by atoms with van der Waals surface area (Å²) >= 11 is 0. The molecule has 21 heteroatoms. The maximum Gasteiger partial charge on any atom is 0.326 e. The lowest BCUT2D eigenvalue weighted by atomic mass is 9.84. The van der Waals surface area contributed by atoms with Crippen molar-refractivity contribution >= 4 is 47.4 Å². The van der Waals surface area contributed by atoms with E-state index in [0.717, 1.165) is 0 Å². The zero-order chi connectivity index (χ0) is 45.4. The Balaban J connectivity index is 1.96. The van der Waals surface area contributed by atoms with Gasteiger partial charge in [0, 0.05) is 26.1 Å². The summed E-state index contributed by atoms with van der Waals surface area (Å²) in [6, 6.07) is 0.320. The number of carboxylic acid groups (broad SMARTS) is 1. The van der Waals surface area contributed by atoms with Gasteiger partial charge in [-0.15, -0.1) is 0 Å². The molecule has 3 rings (SSSR count). The lowest BCUT2D eigenvalue weighted by Gasteiger charge is -2.38. The maximum absolute atomic E-state index is 14.8. The molecule has 2 aliphatic heterocycles. The first-order valence-electron chi connectivity index (χ1n) is 20.8. The Morgan fingerprint density at radius 3 is 2.08 bits per heavy atom. The van der Waals surface area contributed by atoms with E-state index in [-0.39, 0.29) is 81.9 Å². The standard InChI is InChI=1S/C40H66N12O9/c1-5-23(4)30(34(56)49-28(36(58)59)21-22(2)3)50-37(60)40(16-20-61-31(40)24-12-14-25(53)15-13-24)51-33(55)29-11-8-19-52(29)35(57)27(10-7-18-47-39(44)45)48-32(54)26(41)9-6-17-46-38(42)43/h12-15,22-23,26-31,53H,5-11,16-21,41H2,1-4H3,(H,48,54)(H,49,56)(H,50,60)(H,51,55)(H,58,59)(H4,42,43,46)(H4,44,45,47)/t23-,26-,27-,28-,29-,30-,31+,40-/m0/s1. The van der Waals surface area contributed by atoms with Gasteiger partial charge in [-0.1, -0.05) is 46.2 Å². The first-order chi connectivity index (χ1) is 28.8. The molecule has 0 spiro atoms. The number of phenolic OH excluding ortho intramolecular Hbond substituents is 1. The van der Waals surface area contributed by atoms with Crippen LogP contribution >= 0.6 is 0 Å². The number of nitrogens with one attached hydrogen (secondary N) is 4. The highest BCUT2D eigenvalue weighted by Gasteiger charge is 2.54. The number of carbonyl (C=O) groups excluding carboxylic acids is 5. The van der Waals surface area contributed by atoms with E-state index in [2.05, 4.69) is 31.3 Å². The molecule has 0 saturated carbocycles. The van der Waals surface area contributed by atoms with E-state index in [1.165, 1.54) is 17.0 Å². The first kappa shape index (κ1) is 49.7. The minimum absolute atomic E-state index is 0.0122.